The summed E-state index contributed by atoms with van der Waals surface area (Å²) in [7, 11) is 0. The van der Waals surface area contributed by atoms with Gasteiger partial charge in [-0.25, -0.2) is 9.78 Å². The lowest BCUT2D eigenvalue weighted by atomic mass is 10.2. The molecule has 0 radical (unpaired) electrons. The van der Waals surface area contributed by atoms with Crippen molar-refractivity contribution < 1.29 is 9.21 Å². The van der Waals surface area contributed by atoms with Crippen LogP contribution in [0, 0.1) is 20.8 Å². The lowest BCUT2D eigenvalue weighted by molar-refractivity contribution is 0.240. The van der Waals surface area contributed by atoms with E-state index in [2.05, 4.69) is 15.6 Å². The first-order valence-corrected chi connectivity index (χ1v) is 6.85. The normalized spacial score (nSPS) is 10.5. The maximum atomic E-state index is 11.7. The number of hydrogen-bond donors (Lipinski definition) is 2. The molecule has 0 spiro atoms. The van der Waals surface area contributed by atoms with Crippen LogP contribution >= 0.6 is 11.3 Å². The molecular weight excluding hydrogens is 262 g/mol. The molecule has 2 rings (SSSR count). The fourth-order valence-corrected chi connectivity index (χ4v) is 2.61. The van der Waals surface area contributed by atoms with Crippen LogP contribution < -0.4 is 10.6 Å². The molecular formula is C13H17N3O2S. The molecule has 0 fully saturated rings. The fourth-order valence-electron chi connectivity index (χ4n) is 1.73. The second-order valence-corrected chi connectivity index (χ2v) is 5.57. The summed E-state index contributed by atoms with van der Waals surface area (Å²) < 4.78 is 5.17. The zero-order chi connectivity index (χ0) is 13.8. The van der Waals surface area contributed by atoms with Crippen LogP contribution in [0.1, 0.15) is 26.9 Å². The molecule has 2 aromatic heterocycles. The molecule has 0 saturated carbocycles. The van der Waals surface area contributed by atoms with Crippen molar-refractivity contribution in [1.82, 2.24) is 15.6 Å². The Hall–Kier alpha value is -1.82. The second kappa shape index (κ2) is 5.88. The first-order chi connectivity index (χ1) is 9.06. The molecule has 0 aromatic carbocycles. The highest BCUT2D eigenvalue weighted by molar-refractivity contribution is 7.11. The van der Waals surface area contributed by atoms with Crippen molar-refractivity contribution in [2.45, 2.75) is 33.9 Å². The van der Waals surface area contributed by atoms with E-state index in [1.807, 2.05) is 26.8 Å². The zero-order valence-corrected chi connectivity index (χ0v) is 12.1. The van der Waals surface area contributed by atoms with Gasteiger partial charge in [0.15, 0.2) is 0 Å². The molecule has 0 bridgehead atoms. The Morgan fingerprint density at radius 1 is 1.32 bits per heavy atom. The molecule has 0 unspecified atom stereocenters. The van der Waals surface area contributed by atoms with Gasteiger partial charge >= 0.3 is 6.03 Å². The zero-order valence-electron chi connectivity index (χ0n) is 11.2. The largest absolute Gasteiger partial charge is 0.469 e. The minimum atomic E-state index is -0.189. The molecule has 102 valence electrons. The first-order valence-electron chi connectivity index (χ1n) is 6.04. The smallest absolute Gasteiger partial charge is 0.315 e. The summed E-state index contributed by atoms with van der Waals surface area (Å²) in [6, 6.07) is 1.66. The Bertz CT molecular complexity index is 574. The van der Waals surface area contributed by atoms with Gasteiger partial charge in [-0.1, -0.05) is 0 Å². The Morgan fingerprint density at radius 2 is 2.05 bits per heavy atom. The number of carbonyl (C=O) groups is 1. The van der Waals surface area contributed by atoms with Crippen molar-refractivity contribution in [2.24, 2.45) is 0 Å². The maximum Gasteiger partial charge on any atom is 0.315 e. The minimum Gasteiger partial charge on any atom is -0.469 e. The Balaban J connectivity index is 1.79. The standard InChI is InChI=1S/C13H17N3O2S/c1-8-12(19-10(3)16-8)7-15-13(17)14-6-11-4-5-18-9(11)2/h4-5H,6-7H2,1-3H3,(H2,14,15,17). The van der Waals surface area contributed by atoms with Crippen LogP contribution in [0.4, 0.5) is 4.79 Å². The van der Waals surface area contributed by atoms with E-state index in [-0.39, 0.29) is 6.03 Å². The van der Waals surface area contributed by atoms with Gasteiger partial charge in [0, 0.05) is 17.0 Å². The molecule has 2 N–H and O–H groups in total. The van der Waals surface area contributed by atoms with E-state index in [4.69, 9.17) is 4.42 Å². The molecule has 2 aromatic rings. The highest BCUT2D eigenvalue weighted by Gasteiger charge is 2.07. The predicted molar refractivity (Wildman–Crippen MR) is 74.1 cm³/mol. The summed E-state index contributed by atoms with van der Waals surface area (Å²) in [5.74, 6) is 0.828. The Morgan fingerprint density at radius 3 is 2.63 bits per heavy atom. The monoisotopic (exact) mass is 279 g/mol. The van der Waals surface area contributed by atoms with Gasteiger partial charge in [-0.3, -0.25) is 0 Å². The third kappa shape index (κ3) is 3.57. The lowest BCUT2D eigenvalue weighted by Gasteiger charge is -2.06. The third-order valence-electron chi connectivity index (χ3n) is 2.81. The summed E-state index contributed by atoms with van der Waals surface area (Å²) in [4.78, 5) is 17.1. The van der Waals surface area contributed by atoms with Gasteiger partial charge in [-0.2, -0.15) is 0 Å². The van der Waals surface area contributed by atoms with Crippen molar-refractivity contribution in [3.63, 3.8) is 0 Å². The van der Waals surface area contributed by atoms with E-state index in [0.29, 0.717) is 13.1 Å². The average Bonchev–Trinajstić information content (AvgIpc) is 2.90. The van der Waals surface area contributed by atoms with Gasteiger partial charge in [0.25, 0.3) is 0 Å². The summed E-state index contributed by atoms with van der Waals surface area (Å²) in [6.07, 6.45) is 1.62. The van der Waals surface area contributed by atoms with Gasteiger partial charge in [0.2, 0.25) is 0 Å². The molecule has 6 heteroatoms. The molecule has 2 heterocycles. The Labute approximate surface area is 116 Å². The SMILES string of the molecule is Cc1nc(C)c(CNC(=O)NCc2ccoc2C)s1. The van der Waals surface area contributed by atoms with E-state index in [1.54, 1.807) is 17.6 Å². The van der Waals surface area contributed by atoms with Gasteiger partial charge in [0.1, 0.15) is 5.76 Å². The highest BCUT2D eigenvalue weighted by atomic mass is 32.1. The van der Waals surface area contributed by atoms with Crippen molar-refractivity contribution in [3.05, 3.63) is 39.2 Å². The number of amides is 2. The van der Waals surface area contributed by atoms with E-state index in [9.17, 15) is 4.79 Å². The number of furan rings is 1. The number of nitrogens with one attached hydrogen (secondary N) is 2. The van der Waals surface area contributed by atoms with Crippen molar-refractivity contribution >= 4 is 17.4 Å². The number of urea groups is 1. The Kier molecular flexibility index (Phi) is 4.21. The number of rotatable bonds is 4. The van der Waals surface area contributed by atoms with Crippen molar-refractivity contribution in [2.75, 3.05) is 0 Å². The number of aromatic nitrogens is 1. The molecule has 0 saturated heterocycles. The van der Waals surface area contributed by atoms with Gasteiger partial charge in [0.05, 0.1) is 23.5 Å². The van der Waals surface area contributed by atoms with E-state index in [1.165, 1.54) is 0 Å². The third-order valence-corrected chi connectivity index (χ3v) is 3.89. The first kappa shape index (κ1) is 13.6. The summed E-state index contributed by atoms with van der Waals surface area (Å²) in [6.45, 7) is 6.76. The molecule has 19 heavy (non-hydrogen) atoms. The topological polar surface area (TPSA) is 67.2 Å². The highest BCUT2D eigenvalue weighted by Crippen LogP contribution is 2.16. The number of carbonyl (C=O) groups excluding carboxylic acids is 1. The van der Waals surface area contributed by atoms with Gasteiger partial charge < -0.3 is 15.1 Å². The van der Waals surface area contributed by atoms with E-state index in [0.717, 1.165) is 26.9 Å². The maximum absolute atomic E-state index is 11.7. The van der Waals surface area contributed by atoms with Crippen LogP contribution in [0.15, 0.2) is 16.7 Å². The molecule has 0 aliphatic carbocycles. The second-order valence-electron chi connectivity index (χ2n) is 4.28. The molecule has 2 amide bonds. The summed E-state index contributed by atoms with van der Waals surface area (Å²) in [5, 5.41) is 6.64. The minimum absolute atomic E-state index is 0.189. The number of thiazole rings is 1. The van der Waals surface area contributed by atoms with Crippen LogP contribution in [0.5, 0.6) is 0 Å². The summed E-state index contributed by atoms with van der Waals surface area (Å²) in [5.41, 5.74) is 1.97. The van der Waals surface area contributed by atoms with Crippen LogP contribution in [0.2, 0.25) is 0 Å². The molecule has 0 atom stereocenters. The quantitative estimate of drug-likeness (QED) is 0.904. The van der Waals surface area contributed by atoms with Gasteiger partial charge in [-0.15, -0.1) is 11.3 Å². The van der Waals surface area contributed by atoms with Crippen molar-refractivity contribution in [1.29, 1.82) is 0 Å². The number of nitrogens with zero attached hydrogens (tertiary/aromatic N) is 1. The van der Waals surface area contributed by atoms with E-state index < -0.39 is 0 Å². The van der Waals surface area contributed by atoms with Gasteiger partial charge in [-0.05, 0) is 26.8 Å². The predicted octanol–water partition coefficient (Wildman–Crippen LogP) is 2.66. The van der Waals surface area contributed by atoms with Crippen LogP contribution in [0.3, 0.4) is 0 Å². The van der Waals surface area contributed by atoms with E-state index >= 15 is 0 Å². The van der Waals surface area contributed by atoms with Crippen LogP contribution in [-0.4, -0.2) is 11.0 Å². The molecule has 5 nitrogen and oxygen atoms in total. The van der Waals surface area contributed by atoms with Crippen molar-refractivity contribution in [3.8, 4) is 0 Å². The summed E-state index contributed by atoms with van der Waals surface area (Å²) >= 11 is 1.61. The number of aryl methyl sites for hydroxylation is 3. The molecule has 0 aliphatic heterocycles. The van der Waals surface area contributed by atoms with Crippen LogP contribution in [-0.2, 0) is 13.1 Å². The fraction of sp³-hybridized carbons (Fsp3) is 0.385. The average molecular weight is 279 g/mol. The van der Waals surface area contributed by atoms with Crippen LogP contribution in [0.25, 0.3) is 0 Å². The lowest BCUT2D eigenvalue weighted by Crippen LogP contribution is -2.34. The molecule has 0 aliphatic rings. The number of hydrogen-bond acceptors (Lipinski definition) is 4.